The molecule has 0 aliphatic carbocycles. The fraction of sp³-hybridized carbons (Fsp3) is 0.0833. The predicted molar refractivity (Wildman–Crippen MR) is 116 cm³/mol. The first-order valence-corrected chi connectivity index (χ1v) is 9.57. The minimum atomic E-state index is -0.562. The molecule has 0 atom stereocenters. The van der Waals surface area contributed by atoms with Gasteiger partial charge in [0.05, 0.1) is 16.8 Å². The number of hydrogen-bond donors (Lipinski definition) is 2. The predicted octanol–water partition coefficient (Wildman–Crippen LogP) is 3.46. The molecule has 3 aromatic carbocycles. The van der Waals surface area contributed by atoms with Crippen LogP contribution in [0.5, 0.6) is 0 Å². The number of carbonyl (C=O) groups excluding carboxylic acids is 4. The molecule has 154 valence electrons. The molecule has 1 aliphatic heterocycles. The van der Waals surface area contributed by atoms with Crippen molar-refractivity contribution in [1.82, 2.24) is 0 Å². The van der Waals surface area contributed by atoms with Crippen molar-refractivity contribution in [3.8, 4) is 0 Å². The average molecular weight is 413 g/mol. The van der Waals surface area contributed by atoms with Crippen LogP contribution in [-0.4, -0.2) is 23.6 Å². The van der Waals surface area contributed by atoms with Gasteiger partial charge >= 0.3 is 0 Å². The number of aryl methyl sites for hydroxylation is 2. The summed E-state index contributed by atoms with van der Waals surface area (Å²) in [6.07, 6.45) is 0. The Morgan fingerprint density at radius 2 is 1.45 bits per heavy atom. The molecule has 0 bridgehead atoms. The van der Waals surface area contributed by atoms with Crippen LogP contribution in [0.3, 0.4) is 0 Å². The molecule has 7 nitrogen and oxygen atoms in total. The lowest BCUT2D eigenvalue weighted by Gasteiger charge is -2.17. The molecule has 0 aromatic heterocycles. The highest BCUT2D eigenvalue weighted by Crippen LogP contribution is 2.32. The summed E-state index contributed by atoms with van der Waals surface area (Å²) >= 11 is 0. The number of nitrogens with two attached hydrogens (primary N) is 1. The van der Waals surface area contributed by atoms with E-state index in [1.54, 1.807) is 18.2 Å². The van der Waals surface area contributed by atoms with Crippen LogP contribution in [0.4, 0.5) is 11.4 Å². The molecule has 7 heteroatoms. The Hall–Kier alpha value is -4.26. The molecule has 0 saturated heterocycles. The number of anilines is 2. The van der Waals surface area contributed by atoms with Crippen molar-refractivity contribution in [2.45, 2.75) is 13.8 Å². The van der Waals surface area contributed by atoms with Crippen LogP contribution in [0.25, 0.3) is 0 Å². The zero-order valence-corrected chi connectivity index (χ0v) is 16.9. The molecule has 0 radical (unpaired) electrons. The third-order valence-electron chi connectivity index (χ3n) is 5.18. The summed E-state index contributed by atoms with van der Waals surface area (Å²) in [5.41, 5.74) is 8.95. The lowest BCUT2D eigenvalue weighted by Crippen LogP contribution is -2.30. The second-order valence-electron chi connectivity index (χ2n) is 7.39. The number of amides is 4. The number of benzene rings is 3. The zero-order chi connectivity index (χ0) is 22.3. The van der Waals surface area contributed by atoms with Gasteiger partial charge < -0.3 is 11.1 Å². The highest BCUT2D eigenvalue weighted by atomic mass is 16.2. The maximum Gasteiger partial charge on any atom is 0.266 e. The monoisotopic (exact) mass is 413 g/mol. The number of hydrogen-bond acceptors (Lipinski definition) is 4. The summed E-state index contributed by atoms with van der Waals surface area (Å²) in [4.78, 5) is 50.9. The molecule has 3 aromatic rings. The number of imide groups is 1. The first kappa shape index (κ1) is 20.0. The minimum absolute atomic E-state index is 0.183. The van der Waals surface area contributed by atoms with Gasteiger partial charge in [0.25, 0.3) is 17.7 Å². The van der Waals surface area contributed by atoms with E-state index in [1.165, 1.54) is 30.3 Å². The Labute approximate surface area is 178 Å². The number of rotatable bonds is 4. The summed E-state index contributed by atoms with van der Waals surface area (Å²) < 4.78 is 0. The lowest BCUT2D eigenvalue weighted by molar-refractivity contribution is 0.0923. The van der Waals surface area contributed by atoms with E-state index in [9.17, 15) is 19.2 Å². The minimum Gasteiger partial charge on any atom is -0.366 e. The molecular weight excluding hydrogens is 394 g/mol. The highest BCUT2D eigenvalue weighted by Gasteiger charge is 2.37. The molecule has 0 unspecified atom stereocenters. The van der Waals surface area contributed by atoms with Crippen molar-refractivity contribution >= 4 is 35.0 Å². The van der Waals surface area contributed by atoms with Crippen molar-refractivity contribution in [3.63, 3.8) is 0 Å². The van der Waals surface area contributed by atoms with Gasteiger partial charge in [0.1, 0.15) is 0 Å². The second kappa shape index (κ2) is 7.53. The summed E-state index contributed by atoms with van der Waals surface area (Å²) in [6.45, 7) is 3.72. The molecule has 4 amide bonds. The molecule has 0 spiro atoms. The van der Waals surface area contributed by atoms with Crippen molar-refractivity contribution in [2.24, 2.45) is 5.73 Å². The molecule has 1 heterocycles. The molecular formula is C24H19N3O4. The van der Waals surface area contributed by atoms with Gasteiger partial charge in [-0.25, -0.2) is 4.90 Å². The molecule has 4 rings (SSSR count). The van der Waals surface area contributed by atoms with Gasteiger partial charge in [0, 0.05) is 16.8 Å². The average Bonchev–Trinajstić information content (AvgIpc) is 3.00. The number of primary amides is 1. The Kier molecular flexibility index (Phi) is 4.87. The van der Waals surface area contributed by atoms with Gasteiger partial charge in [-0.3, -0.25) is 19.2 Å². The largest absolute Gasteiger partial charge is 0.366 e. The highest BCUT2D eigenvalue weighted by molar-refractivity contribution is 6.35. The van der Waals surface area contributed by atoms with E-state index >= 15 is 0 Å². The van der Waals surface area contributed by atoms with Gasteiger partial charge in [0.15, 0.2) is 0 Å². The van der Waals surface area contributed by atoms with Gasteiger partial charge in [0.2, 0.25) is 5.91 Å². The second-order valence-corrected chi connectivity index (χ2v) is 7.39. The van der Waals surface area contributed by atoms with E-state index in [2.05, 4.69) is 5.32 Å². The van der Waals surface area contributed by atoms with Crippen molar-refractivity contribution in [2.75, 3.05) is 10.2 Å². The van der Waals surface area contributed by atoms with Gasteiger partial charge in [-0.2, -0.15) is 0 Å². The summed E-state index contributed by atoms with van der Waals surface area (Å²) in [5.74, 6) is -1.88. The van der Waals surface area contributed by atoms with Crippen molar-refractivity contribution in [3.05, 3.63) is 94.0 Å². The van der Waals surface area contributed by atoms with E-state index in [0.717, 1.165) is 16.0 Å². The summed E-state index contributed by atoms with van der Waals surface area (Å²) in [7, 11) is 0. The molecule has 31 heavy (non-hydrogen) atoms. The molecule has 1 aliphatic rings. The summed E-state index contributed by atoms with van der Waals surface area (Å²) in [6, 6.07) is 16.1. The standard InChI is InChI=1S/C24H19N3O4/c1-13-3-4-14(2)20(11-13)27-23(30)18-10-7-16(12-19(18)24(27)31)22(29)26-17-8-5-15(6-9-17)21(25)28/h3-12H,1-2H3,(H2,25,28)(H,26,29). The lowest BCUT2D eigenvalue weighted by atomic mass is 10.1. The Balaban J connectivity index is 1.61. The quantitative estimate of drug-likeness (QED) is 0.638. The SMILES string of the molecule is Cc1ccc(C)c(N2C(=O)c3ccc(C(=O)Nc4ccc(C(N)=O)cc4)cc3C2=O)c1. The Morgan fingerprint density at radius 3 is 2.13 bits per heavy atom. The van der Waals surface area contributed by atoms with E-state index in [4.69, 9.17) is 5.73 Å². The van der Waals surface area contributed by atoms with Gasteiger partial charge in [-0.05, 0) is 73.5 Å². The van der Waals surface area contributed by atoms with Crippen LogP contribution in [0.1, 0.15) is 52.6 Å². The fourth-order valence-corrected chi connectivity index (χ4v) is 3.48. The maximum absolute atomic E-state index is 13.0. The number of carbonyl (C=O) groups is 4. The molecule has 0 fully saturated rings. The van der Waals surface area contributed by atoms with Crippen LogP contribution >= 0.6 is 0 Å². The smallest absolute Gasteiger partial charge is 0.266 e. The molecule has 3 N–H and O–H groups in total. The van der Waals surface area contributed by atoms with Crippen LogP contribution in [-0.2, 0) is 0 Å². The number of fused-ring (bicyclic) bond motifs is 1. The van der Waals surface area contributed by atoms with Crippen LogP contribution in [0, 0.1) is 13.8 Å². The Bertz CT molecular complexity index is 1260. The van der Waals surface area contributed by atoms with Gasteiger partial charge in [-0.15, -0.1) is 0 Å². The van der Waals surface area contributed by atoms with Crippen LogP contribution < -0.4 is 16.0 Å². The number of nitrogens with zero attached hydrogens (tertiary/aromatic N) is 1. The van der Waals surface area contributed by atoms with Crippen LogP contribution in [0.2, 0.25) is 0 Å². The van der Waals surface area contributed by atoms with E-state index < -0.39 is 23.6 Å². The third-order valence-corrected chi connectivity index (χ3v) is 5.18. The number of nitrogens with one attached hydrogen (secondary N) is 1. The van der Waals surface area contributed by atoms with E-state index in [-0.39, 0.29) is 16.7 Å². The first-order valence-electron chi connectivity index (χ1n) is 9.57. The summed E-state index contributed by atoms with van der Waals surface area (Å²) in [5, 5.41) is 2.70. The molecule has 0 saturated carbocycles. The van der Waals surface area contributed by atoms with Crippen LogP contribution in [0.15, 0.2) is 60.7 Å². The maximum atomic E-state index is 13.0. The first-order chi connectivity index (χ1) is 14.8. The Morgan fingerprint density at radius 1 is 0.806 bits per heavy atom. The van der Waals surface area contributed by atoms with Gasteiger partial charge in [-0.1, -0.05) is 12.1 Å². The third kappa shape index (κ3) is 3.57. The van der Waals surface area contributed by atoms with Crippen molar-refractivity contribution < 1.29 is 19.2 Å². The van der Waals surface area contributed by atoms with E-state index in [1.807, 2.05) is 26.0 Å². The normalized spacial score (nSPS) is 12.6. The fourth-order valence-electron chi connectivity index (χ4n) is 3.48. The van der Waals surface area contributed by atoms with Crippen molar-refractivity contribution in [1.29, 1.82) is 0 Å². The zero-order valence-electron chi connectivity index (χ0n) is 16.9. The topological polar surface area (TPSA) is 110 Å². The van der Waals surface area contributed by atoms with E-state index in [0.29, 0.717) is 16.9 Å².